The summed E-state index contributed by atoms with van der Waals surface area (Å²) in [6.07, 6.45) is 0. The molecule has 0 aliphatic carbocycles. The number of hydrogen-bond donors (Lipinski definition) is 0. The summed E-state index contributed by atoms with van der Waals surface area (Å²) in [6.45, 7) is 10.3. The Morgan fingerprint density at radius 3 is 2.09 bits per heavy atom. The van der Waals surface area contributed by atoms with Crippen LogP contribution >= 0.6 is 0 Å². The van der Waals surface area contributed by atoms with Gasteiger partial charge in [0.1, 0.15) is 0 Å². The summed E-state index contributed by atoms with van der Waals surface area (Å²) >= 11 is 0. The molecular weight excluding hydrogens is 144 g/mol. The molecule has 0 aliphatic heterocycles. The standard InChI is InChI=1S/C8H18O3/c1-7(2)6-9-11-10-8(3,4)5/h7H,6H2,1-5H3. The van der Waals surface area contributed by atoms with Crippen molar-refractivity contribution in [3.05, 3.63) is 0 Å². The van der Waals surface area contributed by atoms with Gasteiger partial charge in [-0.2, -0.15) is 0 Å². The molecule has 0 aromatic rings. The highest BCUT2D eigenvalue weighted by molar-refractivity contribution is 4.53. The molecule has 11 heavy (non-hydrogen) atoms. The molecule has 0 saturated carbocycles. The molecule has 0 atom stereocenters. The Hall–Kier alpha value is -0.120. The smallest absolute Gasteiger partial charge is 0.0983 e. The highest BCUT2D eigenvalue weighted by Crippen LogP contribution is 2.07. The fraction of sp³-hybridized carbons (Fsp3) is 1.00. The molecular formula is C8H18O3. The van der Waals surface area contributed by atoms with Crippen molar-refractivity contribution in [1.29, 1.82) is 0 Å². The van der Waals surface area contributed by atoms with Crippen molar-refractivity contribution < 1.29 is 14.8 Å². The van der Waals surface area contributed by atoms with Crippen molar-refractivity contribution in [1.82, 2.24) is 0 Å². The maximum atomic E-state index is 4.86. The van der Waals surface area contributed by atoms with Crippen molar-refractivity contribution in [2.75, 3.05) is 6.61 Å². The van der Waals surface area contributed by atoms with E-state index < -0.39 is 0 Å². The van der Waals surface area contributed by atoms with Crippen LogP contribution in [0.5, 0.6) is 0 Å². The normalized spacial score (nSPS) is 12.5. The largest absolute Gasteiger partial charge is 0.206 e. The molecule has 0 spiro atoms. The van der Waals surface area contributed by atoms with Gasteiger partial charge in [0, 0.05) is 0 Å². The van der Waals surface area contributed by atoms with E-state index in [0.29, 0.717) is 12.5 Å². The van der Waals surface area contributed by atoms with Gasteiger partial charge in [-0.1, -0.05) is 18.9 Å². The van der Waals surface area contributed by atoms with Gasteiger partial charge in [-0.05, 0) is 26.7 Å². The van der Waals surface area contributed by atoms with Crippen molar-refractivity contribution in [2.24, 2.45) is 5.92 Å². The molecule has 0 radical (unpaired) electrons. The lowest BCUT2D eigenvalue weighted by molar-refractivity contribution is -0.540. The minimum atomic E-state index is -0.309. The third kappa shape index (κ3) is 9.88. The minimum Gasteiger partial charge on any atom is -0.206 e. The quantitative estimate of drug-likeness (QED) is 0.360. The summed E-state index contributed by atoms with van der Waals surface area (Å²) in [5.41, 5.74) is -0.309. The fourth-order valence-corrected chi connectivity index (χ4v) is 0.290. The van der Waals surface area contributed by atoms with Crippen LogP contribution in [0.3, 0.4) is 0 Å². The molecule has 68 valence electrons. The lowest BCUT2D eigenvalue weighted by atomic mass is 10.2. The van der Waals surface area contributed by atoms with Crippen LogP contribution in [0.4, 0.5) is 0 Å². The maximum absolute atomic E-state index is 4.86. The van der Waals surface area contributed by atoms with Crippen LogP contribution in [0.1, 0.15) is 34.6 Å². The van der Waals surface area contributed by atoms with Crippen LogP contribution in [-0.2, 0) is 14.8 Å². The van der Waals surface area contributed by atoms with Crippen LogP contribution in [0, 0.1) is 5.92 Å². The number of rotatable bonds is 4. The zero-order chi connectivity index (χ0) is 8.91. The van der Waals surface area contributed by atoms with Gasteiger partial charge in [0.25, 0.3) is 0 Å². The SMILES string of the molecule is CC(C)COOOC(C)(C)C. The monoisotopic (exact) mass is 162 g/mol. The third-order valence-corrected chi connectivity index (χ3v) is 0.734. The molecule has 3 heteroatoms. The van der Waals surface area contributed by atoms with Crippen molar-refractivity contribution in [2.45, 2.75) is 40.2 Å². The van der Waals surface area contributed by atoms with Crippen LogP contribution < -0.4 is 0 Å². The molecule has 0 aromatic carbocycles. The fourth-order valence-electron chi connectivity index (χ4n) is 0.290. The summed E-state index contributed by atoms with van der Waals surface area (Å²) in [4.78, 5) is 9.61. The van der Waals surface area contributed by atoms with Crippen LogP contribution in [-0.4, -0.2) is 12.2 Å². The Kier molecular flexibility index (Phi) is 4.65. The maximum Gasteiger partial charge on any atom is 0.0983 e. The summed E-state index contributed by atoms with van der Waals surface area (Å²) in [5, 5.41) is 4.51. The molecule has 0 aliphatic rings. The Balaban J connectivity index is 3.15. The molecule has 0 saturated heterocycles. The Bertz CT molecular complexity index is 94.0. The predicted octanol–water partition coefficient (Wildman–Crippen LogP) is 2.32. The molecule has 0 bridgehead atoms. The molecule has 0 fully saturated rings. The molecule has 3 nitrogen and oxygen atoms in total. The van der Waals surface area contributed by atoms with E-state index in [1.54, 1.807) is 0 Å². The van der Waals surface area contributed by atoms with Crippen molar-refractivity contribution >= 4 is 0 Å². The number of hydrogen-bond acceptors (Lipinski definition) is 3. The second kappa shape index (κ2) is 4.70. The van der Waals surface area contributed by atoms with Gasteiger partial charge in [0.15, 0.2) is 0 Å². The van der Waals surface area contributed by atoms with E-state index in [1.807, 2.05) is 34.6 Å². The highest BCUT2D eigenvalue weighted by Gasteiger charge is 2.11. The van der Waals surface area contributed by atoms with Gasteiger partial charge < -0.3 is 0 Å². The predicted molar refractivity (Wildman–Crippen MR) is 42.7 cm³/mol. The molecule has 0 rings (SSSR count). The van der Waals surface area contributed by atoms with E-state index in [4.69, 9.17) is 9.78 Å². The van der Waals surface area contributed by atoms with Gasteiger partial charge in [-0.3, -0.25) is 0 Å². The zero-order valence-electron chi connectivity index (χ0n) is 8.01. The van der Waals surface area contributed by atoms with E-state index in [1.165, 1.54) is 0 Å². The third-order valence-electron chi connectivity index (χ3n) is 0.734. The van der Waals surface area contributed by atoms with E-state index in [2.05, 4.69) is 5.04 Å². The summed E-state index contributed by atoms with van der Waals surface area (Å²) in [6, 6.07) is 0. The Morgan fingerprint density at radius 2 is 1.73 bits per heavy atom. The van der Waals surface area contributed by atoms with E-state index in [-0.39, 0.29) is 5.60 Å². The highest BCUT2D eigenvalue weighted by atomic mass is 17.5. The summed E-state index contributed by atoms with van der Waals surface area (Å²) < 4.78 is 0. The Labute approximate surface area is 68.5 Å². The summed E-state index contributed by atoms with van der Waals surface area (Å²) in [7, 11) is 0. The molecule has 0 amide bonds. The van der Waals surface area contributed by atoms with Gasteiger partial charge in [0.05, 0.1) is 12.2 Å². The van der Waals surface area contributed by atoms with Gasteiger partial charge in [-0.25, -0.2) is 9.78 Å². The molecule has 0 heterocycles. The average Bonchev–Trinajstić information content (AvgIpc) is 1.78. The van der Waals surface area contributed by atoms with Crippen LogP contribution in [0.25, 0.3) is 0 Å². The van der Waals surface area contributed by atoms with Gasteiger partial charge in [0.2, 0.25) is 0 Å². The first-order valence-corrected chi connectivity index (χ1v) is 3.89. The van der Waals surface area contributed by atoms with Crippen LogP contribution in [0.2, 0.25) is 0 Å². The first-order valence-electron chi connectivity index (χ1n) is 3.89. The topological polar surface area (TPSA) is 27.7 Å². The van der Waals surface area contributed by atoms with Crippen molar-refractivity contribution in [3.63, 3.8) is 0 Å². The molecule has 0 aromatic heterocycles. The Morgan fingerprint density at radius 1 is 1.18 bits per heavy atom. The first-order chi connectivity index (χ1) is 4.92. The molecule has 0 N–H and O–H groups in total. The van der Waals surface area contributed by atoms with Crippen LogP contribution in [0.15, 0.2) is 0 Å². The summed E-state index contributed by atoms with van der Waals surface area (Å²) in [5.74, 6) is 0.457. The van der Waals surface area contributed by atoms with Gasteiger partial charge >= 0.3 is 0 Å². The minimum absolute atomic E-state index is 0.309. The lowest BCUT2D eigenvalue weighted by Crippen LogP contribution is -2.20. The molecule has 0 unspecified atom stereocenters. The van der Waals surface area contributed by atoms with Gasteiger partial charge in [-0.15, -0.1) is 0 Å². The second-order valence-electron chi connectivity index (χ2n) is 3.94. The second-order valence-corrected chi connectivity index (χ2v) is 3.94. The van der Waals surface area contributed by atoms with E-state index in [9.17, 15) is 0 Å². The van der Waals surface area contributed by atoms with E-state index in [0.717, 1.165) is 0 Å². The van der Waals surface area contributed by atoms with E-state index >= 15 is 0 Å². The first kappa shape index (κ1) is 10.9. The lowest BCUT2D eigenvalue weighted by Gasteiger charge is -2.16. The average molecular weight is 162 g/mol. The zero-order valence-corrected chi connectivity index (χ0v) is 8.01. The van der Waals surface area contributed by atoms with Crippen molar-refractivity contribution in [3.8, 4) is 0 Å².